The summed E-state index contributed by atoms with van der Waals surface area (Å²) in [5.41, 5.74) is 6.37. The zero-order valence-electron chi connectivity index (χ0n) is 13.2. The molecule has 1 heterocycles. The van der Waals surface area contributed by atoms with Gasteiger partial charge in [0.2, 0.25) is 11.8 Å². The number of carbonyl (C=O) groups is 2. The maximum Gasteiger partial charge on any atom is 0.227 e. The highest BCUT2D eigenvalue weighted by Gasteiger charge is 2.27. The first-order chi connectivity index (χ1) is 11.1. The second-order valence-corrected chi connectivity index (χ2v) is 6.22. The molecule has 1 aliphatic rings. The van der Waals surface area contributed by atoms with Gasteiger partial charge in [0.05, 0.1) is 6.42 Å². The average Bonchev–Trinajstić information content (AvgIpc) is 2.55. The number of rotatable bonds is 4. The predicted octanol–water partition coefficient (Wildman–Crippen LogP) is 2.64. The van der Waals surface area contributed by atoms with Crippen molar-refractivity contribution in [1.82, 2.24) is 4.90 Å². The first-order valence-electron chi connectivity index (χ1n) is 8.19. The third-order valence-corrected chi connectivity index (χ3v) is 4.61. The van der Waals surface area contributed by atoms with Crippen LogP contribution in [0.25, 0.3) is 10.8 Å². The van der Waals surface area contributed by atoms with Crippen LogP contribution in [0.1, 0.15) is 31.2 Å². The number of piperidine rings is 1. The Morgan fingerprint density at radius 3 is 2.70 bits per heavy atom. The minimum atomic E-state index is -0.333. The van der Waals surface area contributed by atoms with Crippen molar-refractivity contribution in [2.24, 2.45) is 5.73 Å². The highest BCUT2D eigenvalue weighted by atomic mass is 16.2. The van der Waals surface area contributed by atoms with Crippen molar-refractivity contribution >= 4 is 22.6 Å². The van der Waals surface area contributed by atoms with Gasteiger partial charge in [-0.15, -0.1) is 0 Å². The van der Waals surface area contributed by atoms with Gasteiger partial charge < -0.3 is 10.6 Å². The van der Waals surface area contributed by atoms with Crippen LogP contribution < -0.4 is 5.73 Å². The van der Waals surface area contributed by atoms with Gasteiger partial charge in [0.15, 0.2) is 0 Å². The van der Waals surface area contributed by atoms with Crippen LogP contribution in [0.3, 0.4) is 0 Å². The molecule has 2 aromatic rings. The number of nitrogens with two attached hydrogens (primary N) is 1. The topological polar surface area (TPSA) is 63.4 Å². The van der Waals surface area contributed by atoms with Crippen LogP contribution in [0, 0.1) is 0 Å². The molecule has 0 aliphatic carbocycles. The van der Waals surface area contributed by atoms with Gasteiger partial charge in [-0.1, -0.05) is 42.5 Å². The minimum absolute atomic E-state index is 0.0382. The molecule has 0 saturated carbocycles. The predicted molar refractivity (Wildman–Crippen MR) is 90.8 cm³/mol. The van der Waals surface area contributed by atoms with Crippen molar-refractivity contribution in [1.29, 1.82) is 0 Å². The average molecular weight is 310 g/mol. The van der Waals surface area contributed by atoms with E-state index in [-0.39, 0.29) is 24.3 Å². The fourth-order valence-corrected chi connectivity index (χ4v) is 3.48. The summed E-state index contributed by atoms with van der Waals surface area (Å²) in [6.07, 6.45) is 3.55. The quantitative estimate of drug-likeness (QED) is 0.943. The zero-order valence-corrected chi connectivity index (χ0v) is 13.2. The SMILES string of the molecule is NC(=O)C[C@H]1CCCCN1C(=O)Cc1cccc2ccccc12. The number of benzene rings is 2. The van der Waals surface area contributed by atoms with Crippen LogP contribution in [-0.4, -0.2) is 29.3 Å². The maximum atomic E-state index is 12.8. The summed E-state index contributed by atoms with van der Waals surface area (Å²) in [5, 5.41) is 2.26. The van der Waals surface area contributed by atoms with Gasteiger partial charge in [-0.25, -0.2) is 0 Å². The zero-order chi connectivity index (χ0) is 16.2. The molecule has 4 heteroatoms. The number of hydrogen-bond acceptors (Lipinski definition) is 2. The smallest absolute Gasteiger partial charge is 0.227 e. The summed E-state index contributed by atoms with van der Waals surface area (Å²) in [4.78, 5) is 25.9. The van der Waals surface area contributed by atoms with Crippen molar-refractivity contribution in [2.75, 3.05) is 6.54 Å². The summed E-state index contributed by atoms with van der Waals surface area (Å²) in [6, 6.07) is 14.1. The molecule has 0 bridgehead atoms. The van der Waals surface area contributed by atoms with Gasteiger partial charge >= 0.3 is 0 Å². The molecule has 0 aromatic heterocycles. The van der Waals surface area contributed by atoms with Crippen molar-refractivity contribution in [2.45, 2.75) is 38.1 Å². The second kappa shape index (κ2) is 6.82. The van der Waals surface area contributed by atoms with Crippen LogP contribution >= 0.6 is 0 Å². The van der Waals surface area contributed by atoms with E-state index in [1.807, 2.05) is 29.2 Å². The molecule has 2 amide bonds. The molecule has 1 fully saturated rings. The second-order valence-electron chi connectivity index (χ2n) is 6.22. The van der Waals surface area contributed by atoms with Gasteiger partial charge in [0.1, 0.15) is 0 Å². The Balaban J connectivity index is 1.80. The van der Waals surface area contributed by atoms with Gasteiger partial charge in [0.25, 0.3) is 0 Å². The standard InChI is InChI=1S/C19H22N2O2/c20-18(22)13-16-9-3-4-11-21(16)19(23)12-15-8-5-7-14-6-1-2-10-17(14)15/h1-2,5-8,10,16H,3-4,9,11-13H2,(H2,20,22)/t16-/m1/s1. The molecule has 1 atom stereocenters. The van der Waals surface area contributed by atoms with E-state index < -0.39 is 0 Å². The molecule has 1 aliphatic heterocycles. The number of nitrogens with zero attached hydrogens (tertiary/aromatic N) is 1. The Labute approximate surface area is 136 Å². The summed E-state index contributed by atoms with van der Waals surface area (Å²) in [5.74, 6) is -0.243. The molecule has 0 unspecified atom stereocenters. The summed E-state index contributed by atoms with van der Waals surface area (Å²) < 4.78 is 0. The van der Waals surface area contributed by atoms with Gasteiger partial charge in [-0.2, -0.15) is 0 Å². The molecular formula is C19H22N2O2. The maximum absolute atomic E-state index is 12.8. The minimum Gasteiger partial charge on any atom is -0.370 e. The Morgan fingerprint density at radius 1 is 1.09 bits per heavy atom. The molecule has 0 radical (unpaired) electrons. The lowest BCUT2D eigenvalue weighted by Gasteiger charge is -2.35. The highest BCUT2D eigenvalue weighted by Crippen LogP contribution is 2.23. The highest BCUT2D eigenvalue weighted by molar-refractivity contribution is 5.90. The molecule has 1 saturated heterocycles. The van der Waals surface area contributed by atoms with Gasteiger partial charge in [0, 0.05) is 19.0 Å². The van der Waals surface area contributed by atoms with E-state index in [4.69, 9.17) is 5.73 Å². The number of hydrogen-bond donors (Lipinski definition) is 1. The molecule has 2 N–H and O–H groups in total. The van der Waals surface area contributed by atoms with E-state index in [0.29, 0.717) is 6.42 Å². The van der Waals surface area contributed by atoms with E-state index in [0.717, 1.165) is 42.1 Å². The Kier molecular flexibility index (Phi) is 4.60. The molecule has 120 valence electrons. The normalized spacial score (nSPS) is 18.1. The summed E-state index contributed by atoms with van der Waals surface area (Å²) in [6.45, 7) is 0.724. The lowest BCUT2D eigenvalue weighted by molar-refractivity contribution is -0.135. The third kappa shape index (κ3) is 3.52. The van der Waals surface area contributed by atoms with E-state index in [1.165, 1.54) is 0 Å². The molecule has 4 nitrogen and oxygen atoms in total. The Morgan fingerprint density at radius 2 is 1.87 bits per heavy atom. The lowest BCUT2D eigenvalue weighted by atomic mass is 9.97. The molecular weight excluding hydrogens is 288 g/mol. The fraction of sp³-hybridized carbons (Fsp3) is 0.368. The van der Waals surface area contributed by atoms with E-state index in [9.17, 15) is 9.59 Å². The van der Waals surface area contributed by atoms with E-state index >= 15 is 0 Å². The van der Waals surface area contributed by atoms with Crippen molar-refractivity contribution in [3.8, 4) is 0 Å². The first kappa shape index (κ1) is 15.5. The molecule has 23 heavy (non-hydrogen) atoms. The molecule has 2 aromatic carbocycles. The number of carbonyl (C=O) groups excluding carboxylic acids is 2. The van der Waals surface area contributed by atoms with Crippen LogP contribution in [0.5, 0.6) is 0 Å². The van der Waals surface area contributed by atoms with E-state index in [1.54, 1.807) is 0 Å². The molecule has 3 rings (SSSR count). The number of amides is 2. The third-order valence-electron chi connectivity index (χ3n) is 4.61. The van der Waals surface area contributed by atoms with Crippen LogP contribution in [0.2, 0.25) is 0 Å². The summed E-state index contributed by atoms with van der Waals surface area (Å²) >= 11 is 0. The number of likely N-dealkylation sites (tertiary alicyclic amines) is 1. The number of primary amides is 1. The monoisotopic (exact) mass is 310 g/mol. The Hall–Kier alpha value is -2.36. The van der Waals surface area contributed by atoms with Gasteiger partial charge in [-0.05, 0) is 35.6 Å². The van der Waals surface area contributed by atoms with Crippen LogP contribution in [-0.2, 0) is 16.0 Å². The van der Waals surface area contributed by atoms with Gasteiger partial charge in [-0.3, -0.25) is 9.59 Å². The van der Waals surface area contributed by atoms with Crippen molar-refractivity contribution in [3.63, 3.8) is 0 Å². The van der Waals surface area contributed by atoms with Crippen LogP contribution in [0.4, 0.5) is 0 Å². The fourth-order valence-electron chi connectivity index (χ4n) is 3.48. The lowest BCUT2D eigenvalue weighted by Crippen LogP contribution is -2.46. The largest absolute Gasteiger partial charge is 0.370 e. The van der Waals surface area contributed by atoms with Crippen molar-refractivity contribution < 1.29 is 9.59 Å². The Bertz CT molecular complexity index is 721. The number of fused-ring (bicyclic) bond motifs is 1. The van der Waals surface area contributed by atoms with E-state index in [2.05, 4.69) is 18.2 Å². The van der Waals surface area contributed by atoms with Crippen LogP contribution in [0.15, 0.2) is 42.5 Å². The first-order valence-corrected chi connectivity index (χ1v) is 8.19. The molecule has 0 spiro atoms. The van der Waals surface area contributed by atoms with Crippen molar-refractivity contribution in [3.05, 3.63) is 48.0 Å². The summed E-state index contributed by atoms with van der Waals surface area (Å²) in [7, 11) is 0.